The van der Waals surface area contributed by atoms with Crippen molar-refractivity contribution in [3.8, 4) is 11.3 Å². The van der Waals surface area contributed by atoms with Crippen molar-refractivity contribution in [2.45, 2.75) is 26.3 Å². The Balaban J connectivity index is 1.93. The maximum atomic E-state index is 13.9. The highest BCUT2D eigenvalue weighted by Gasteiger charge is 2.19. The minimum atomic E-state index is -1.56. The molecule has 0 aliphatic carbocycles. The molecule has 0 saturated carbocycles. The molecule has 2 aromatic heterocycles. The highest BCUT2D eigenvalue weighted by Crippen LogP contribution is 2.25. The molecule has 0 aliphatic heterocycles. The fourth-order valence-electron chi connectivity index (χ4n) is 2.38. The van der Waals surface area contributed by atoms with E-state index in [0.29, 0.717) is 5.69 Å². The summed E-state index contributed by atoms with van der Waals surface area (Å²) >= 11 is 0. The third kappa shape index (κ3) is 4.71. The maximum absolute atomic E-state index is 13.9. The lowest BCUT2D eigenvalue weighted by Gasteiger charge is -2.16. The minimum absolute atomic E-state index is 0.0655. The molecule has 0 spiro atoms. The van der Waals surface area contributed by atoms with Gasteiger partial charge in [-0.3, -0.25) is 15.8 Å². The SMILES string of the molecule is CC[C@@H](C)Nc1nc(NNc2c(F)c(F)cc(F)c2F)cc(-c2ccncc2)n1. The van der Waals surface area contributed by atoms with Gasteiger partial charge in [0.1, 0.15) is 5.69 Å². The smallest absolute Gasteiger partial charge is 0.225 e. The zero-order chi connectivity index (χ0) is 21.0. The second kappa shape index (κ2) is 8.72. The van der Waals surface area contributed by atoms with E-state index in [1.807, 2.05) is 13.8 Å². The van der Waals surface area contributed by atoms with Gasteiger partial charge in [0.15, 0.2) is 29.1 Å². The Morgan fingerprint density at radius 3 is 2.21 bits per heavy atom. The first-order valence-electron chi connectivity index (χ1n) is 8.80. The quantitative estimate of drug-likeness (QED) is 0.299. The second-order valence-corrected chi connectivity index (χ2v) is 6.24. The Morgan fingerprint density at radius 1 is 0.931 bits per heavy atom. The van der Waals surface area contributed by atoms with Gasteiger partial charge in [-0.05, 0) is 25.5 Å². The highest BCUT2D eigenvalue weighted by atomic mass is 19.2. The van der Waals surface area contributed by atoms with Crippen molar-refractivity contribution >= 4 is 17.5 Å². The molecule has 2 heterocycles. The van der Waals surface area contributed by atoms with Gasteiger partial charge in [-0.2, -0.15) is 4.98 Å². The van der Waals surface area contributed by atoms with Crippen molar-refractivity contribution in [3.05, 3.63) is 59.9 Å². The monoisotopic (exact) mass is 406 g/mol. The predicted octanol–water partition coefficient (Wildman–Crippen LogP) is 4.74. The van der Waals surface area contributed by atoms with Crippen molar-refractivity contribution in [1.29, 1.82) is 0 Å². The first kappa shape index (κ1) is 20.3. The van der Waals surface area contributed by atoms with Crippen molar-refractivity contribution < 1.29 is 17.6 Å². The van der Waals surface area contributed by atoms with E-state index < -0.39 is 29.0 Å². The number of hydrogen-bond donors (Lipinski definition) is 3. The molecule has 0 aliphatic rings. The summed E-state index contributed by atoms with van der Waals surface area (Å²) in [6, 6.07) is 5.17. The maximum Gasteiger partial charge on any atom is 0.225 e. The topological polar surface area (TPSA) is 74.8 Å². The highest BCUT2D eigenvalue weighted by molar-refractivity contribution is 5.65. The number of nitrogens with zero attached hydrogens (tertiary/aromatic N) is 3. The molecule has 6 nitrogen and oxygen atoms in total. The Hall–Kier alpha value is -3.43. The number of hydrazine groups is 1. The lowest BCUT2D eigenvalue weighted by atomic mass is 10.2. The van der Waals surface area contributed by atoms with Crippen LogP contribution in [0.25, 0.3) is 11.3 Å². The minimum Gasteiger partial charge on any atom is -0.352 e. The van der Waals surface area contributed by atoms with Crippen LogP contribution in [0, 0.1) is 23.3 Å². The van der Waals surface area contributed by atoms with Gasteiger partial charge >= 0.3 is 0 Å². The zero-order valence-corrected chi connectivity index (χ0v) is 15.6. The Kier molecular flexibility index (Phi) is 6.10. The summed E-state index contributed by atoms with van der Waals surface area (Å²) in [7, 11) is 0. The van der Waals surface area contributed by atoms with E-state index in [0.717, 1.165) is 12.0 Å². The molecule has 0 bridgehead atoms. The van der Waals surface area contributed by atoms with Crippen molar-refractivity contribution in [1.82, 2.24) is 15.0 Å². The van der Waals surface area contributed by atoms with Crippen LogP contribution >= 0.6 is 0 Å². The molecule has 29 heavy (non-hydrogen) atoms. The predicted molar refractivity (Wildman–Crippen MR) is 102 cm³/mol. The van der Waals surface area contributed by atoms with Gasteiger partial charge in [-0.1, -0.05) is 6.92 Å². The lowest BCUT2D eigenvalue weighted by molar-refractivity contribution is 0.459. The van der Waals surface area contributed by atoms with Crippen molar-refractivity contribution in [3.63, 3.8) is 0 Å². The summed E-state index contributed by atoms with van der Waals surface area (Å²) in [5.74, 6) is -5.76. The van der Waals surface area contributed by atoms with E-state index in [2.05, 4.69) is 31.1 Å². The Morgan fingerprint density at radius 2 is 1.59 bits per heavy atom. The summed E-state index contributed by atoms with van der Waals surface area (Å²) in [5.41, 5.74) is 4.85. The molecule has 0 saturated heterocycles. The lowest BCUT2D eigenvalue weighted by Crippen LogP contribution is -2.18. The van der Waals surface area contributed by atoms with Crippen LogP contribution in [0.15, 0.2) is 36.7 Å². The van der Waals surface area contributed by atoms with Crippen LogP contribution in [0.5, 0.6) is 0 Å². The number of aromatic nitrogens is 3. The van der Waals surface area contributed by atoms with Crippen LogP contribution in [-0.2, 0) is 0 Å². The normalized spacial score (nSPS) is 11.8. The van der Waals surface area contributed by atoms with Crippen LogP contribution in [0.4, 0.5) is 35.0 Å². The first-order chi connectivity index (χ1) is 13.9. The second-order valence-electron chi connectivity index (χ2n) is 6.24. The van der Waals surface area contributed by atoms with Crippen LogP contribution in [-0.4, -0.2) is 21.0 Å². The zero-order valence-electron chi connectivity index (χ0n) is 15.6. The third-order valence-electron chi connectivity index (χ3n) is 4.12. The average molecular weight is 406 g/mol. The fraction of sp³-hybridized carbons (Fsp3) is 0.211. The first-order valence-corrected chi connectivity index (χ1v) is 8.80. The van der Waals surface area contributed by atoms with Gasteiger partial charge in [-0.25, -0.2) is 22.5 Å². The number of benzene rings is 1. The van der Waals surface area contributed by atoms with Gasteiger partial charge in [0.2, 0.25) is 5.95 Å². The van der Waals surface area contributed by atoms with E-state index in [-0.39, 0.29) is 23.9 Å². The summed E-state index contributed by atoms with van der Waals surface area (Å²) in [6.07, 6.45) is 3.98. The van der Waals surface area contributed by atoms with Crippen LogP contribution in [0.2, 0.25) is 0 Å². The molecule has 0 amide bonds. The van der Waals surface area contributed by atoms with E-state index in [4.69, 9.17) is 0 Å². The molecule has 0 radical (unpaired) electrons. The van der Waals surface area contributed by atoms with Gasteiger partial charge in [0.25, 0.3) is 0 Å². The Labute approximate surface area is 164 Å². The third-order valence-corrected chi connectivity index (χ3v) is 4.12. The van der Waals surface area contributed by atoms with E-state index in [1.54, 1.807) is 24.5 Å². The van der Waals surface area contributed by atoms with Gasteiger partial charge in [0, 0.05) is 36.1 Å². The molecule has 1 atom stereocenters. The summed E-state index contributed by atoms with van der Waals surface area (Å²) in [4.78, 5) is 12.6. The van der Waals surface area contributed by atoms with Crippen molar-refractivity contribution in [2.24, 2.45) is 0 Å². The number of pyridine rings is 1. The number of halogens is 4. The van der Waals surface area contributed by atoms with Gasteiger partial charge in [-0.15, -0.1) is 0 Å². The average Bonchev–Trinajstić information content (AvgIpc) is 2.72. The van der Waals surface area contributed by atoms with E-state index >= 15 is 0 Å². The largest absolute Gasteiger partial charge is 0.352 e. The summed E-state index contributed by atoms with van der Waals surface area (Å²) in [5, 5.41) is 3.11. The van der Waals surface area contributed by atoms with Gasteiger partial charge in [0.05, 0.1) is 5.69 Å². The number of anilines is 3. The molecule has 3 N–H and O–H groups in total. The van der Waals surface area contributed by atoms with E-state index in [9.17, 15) is 17.6 Å². The van der Waals surface area contributed by atoms with Crippen LogP contribution < -0.4 is 16.2 Å². The fourth-order valence-corrected chi connectivity index (χ4v) is 2.38. The Bertz CT molecular complexity index is 973. The van der Waals surface area contributed by atoms with Crippen molar-refractivity contribution in [2.75, 3.05) is 16.2 Å². The molecular formula is C19H18F4N6. The number of nitrogens with one attached hydrogen (secondary N) is 3. The number of hydrogen-bond acceptors (Lipinski definition) is 6. The molecule has 10 heteroatoms. The molecule has 3 aromatic rings. The van der Waals surface area contributed by atoms with Crippen LogP contribution in [0.3, 0.4) is 0 Å². The summed E-state index contributed by atoms with van der Waals surface area (Å²) in [6.45, 7) is 3.92. The van der Waals surface area contributed by atoms with E-state index in [1.165, 1.54) is 6.07 Å². The molecule has 0 unspecified atom stereocenters. The molecular weight excluding hydrogens is 388 g/mol. The summed E-state index contributed by atoms with van der Waals surface area (Å²) < 4.78 is 54.5. The molecule has 3 rings (SSSR count). The molecule has 152 valence electrons. The standard InChI is InChI=1S/C19H18F4N6/c1-3-10(2)25-19-26-14(11-4-6-24-7-5-11)9-15(27-19)28-29-18-16(22)12(20)8-13(21)17(18)23/h4-10,29H,3H2,1-2H3,(H2,25,26,27,28)/t10-/m1/s1. The van der Waals surface area contributed by atoms with Crippen LogP contribution in [0.1, 0.15) is 20.3 Å². The molecule has 1 aromatic carbocycles. The number of rotatable bonds is 7. The molecule has 0 fully saturated rings. The van der Waals surface area contributed by atoms with Gasteiger partial charge < -0.3 is 5.32 Å².